The Balaban J connectivity index is 1.27. The topological polar surface area (TPSA) is 36.1 Å². The van der Waals surface area contributed by atoms with E-state index in [2.05, 4.69) is 146 Å². The Morgan fingerprint density at radius 2 is 1.06 bits per heavy atom. The summed E-state index contributed by atoms with van der Waals surface area (Å²) < 4.78 is 18.3. The third-order valence-electron chi connectivity index (χ3n) is 9.87. The molecular formula is C42H23BrN2O2. The zero-order valence-corrected chi connectivity index (χ0v) is 26.5. The summed E-state index contributed by atoms with van der Waals surface area (Å²) in [5, 5.41) is 12.0. The second-order valence-corrected chi connectivity index (χ2v) is 13.0. The van der Waals surface area contributed by atoms with Crippen LogP contribution in [0.25, 0.3) is 98.7 Å². The molecule has 0 unspecified atom stereocenters. The normalized spacial score (nSPS) is 12.4. The molecule has 0 atom stereocenters. The summed E-state index contributed by atoms with van der Waals surface area (Å²) in [7, 11) is 0. The highest BCUT2D eigenvalue weighted by Gasteiger charge is 2.24. The van der Waals surface area contributed by atoms with Gasteiger partial charge in [-0.05, 0) is 91.4 Å². The average Bonchev–Trinajstić information content (AvgIpc) is 3.88. The van der Waals surface area contributed by atoms with Crippen LogP contribution in [0.15, 0.2) is 153 Å². The number of halogens is 1. The van der Waals surface area contributed by atoms with Crippen LogP contribution in [0.5, 0.6) is 0 Å². The first kappa shape index (κ1) is 25.4. The summed E-state index contributed by atoms with van der Waals surface area (Å²) in [6.45, 7) is 0. The van der Waals surface area contributed by atoms with E-state index < -0.39 is 0 Å². The van der Waals surface area contributed by atoms with Crippen LogP contribution in [-0.2, 0) is 0 Å². The van der Waals surface area contributed by atoms with Gasteiger partial charge in [-0.2, -0.15) is 0 Å². The minimum Gasteiger partial charge on any atom is -0.454 e. The minimum atomic E-state index is 0.818. The highest BCUT2D eigenvalue weighted by atomic mass is 79.9. The molecule has 4 nitrogen and oxygen atoms in total. The van der Waals surface area contributed by atoms with Crippen LogP contribution in [0, 0.1) is 0 Å². The summed E-state index contributed by atoms with van der Waals surface area (Å²) in [6.07, 6.45) is 1.81. The molecule has 220 valence electrons. The van der Waals surface area contributed by atoms with Gasteiger partial charge in [0, 0.05) is 26.9 Å². The number of nitrogens with zero attached hydrogens (tertiary/aromatic N) is 2. The molecule has 0 aliphatic heterocycles. The lowest BCUT2D eigenvalue weighted by Crippen LogP contribution is -2.01. The van der Waals surface area contributed by atoms with Crippen LogP contribution in [-0.4, -0.2) is 9.13 Å². The van der Waals surface area contributed by atoms with Gasteiger partial charge < -0.3 is 13.4 Å². The SMILES string of the molecule is Brc1c(-n2c3ccc4c5ccccc5c5ccccc5c4c3c3ccoc32)cccc1-n1c2ccccc2c2oc3ccccc3c21. The van der Waals surface area contributed by atoms with Crippen molar-refractivity contribution in [3.05, 3.63) is 144 Å². The smallest absolute Gasteiger partial charge is 0.212 e. The van der Waals surface area contributed by atoms with Crippen molar-refractivity contribution in [1.29, 1.82) is 0 Å². The highest BCUT2D eigenvalue weighted by Crippen LogP contribution is 2.46. The molecule has 5 heteroatoms. The van der Waals surface area contributed by atoms with Gasteiger partial charge in [0.1, 0.15) is 11.1 Å². The van der Waals surface area contributed by atoms with Gasteiger partial charge in [0.15, 0.2) is 5.58 Å². The molecule has 0 aliphatic carbocycles. The standard InChI is InChI=1S/C42H23BrN2O2/c43-39-34(44-32-16-7-5-14-29(32)41-40(44)30-15-6-8-19-36(30)47-41)17-9-18-35(39)45-33-21-20-28-26-12-2-1-10-24(26)25-11-3-4-13-27(25)37(28)38(33)31-22-23-46-42(31)45/h1-23H. The van der Waals surface area contributed by atoms with E-state index in [9.17, 15) is 0 Å². The molecule has 0 spiro atoms. The lowest BCUT2D eigenvalue weighted by atomic mass is 9.92. The van der Waals surface area contributed by atoms with Crippen LogP contribution in [0.1, 0.15) is 0 Å². The van der Waals surface area contributed by atoms with Crippen LogP contribution in [0.2, 0.25) is 0 Å². The van der Waals surface area contributed by atoms with Crippen molar-refractivity contribution >= 4 is 103 Å². The quantitative estimate of drug-likeness (QED) is 0.172. The van der Waals surface area contributed by atoms with Crippen molar-refractivity contribution in [2.24, 2.45) is 0 Å². The molecule has 4 heterocycles. The van der Waals surface area contributed by atoms with Gasteiger partial charge in [-0.15, -0.1) is 0 Å². The fourth-order valence-electron chi connectivity index (χ4n) is 7.98. The predicted octanol–water partition coefficient (Wildman–Crippen LogP) is 12.4. The third kappa shape index (κ3) is 3.21. The number of aromatic nitrogens is 2. The molecule has 0 fully saturated rings. The molecule has 47 heavy (non-hydrogen) atoms. The molecule has 0 N–H and O–H groups in total. The fraction of sp³-hybridized carbons (Fsp3) is 0. The van der Waals surface area contributed by atoms with E-state index in [1.807, 2.05) is 12.1 Å². The maximum atomic E-state index is 6.47. The van der Waals surface area contributed by atoms with Crippen molar-refractivity contribution < 1.29 is 8.83 Å². The highest BCUT2D eigenvalue weighted by molar-refractivity contribution is 9.10. The summed E-state index contributed by atoms with van der Waals surface area (Å²) in [5.74, 6) is 0. The molecule has 0 amide bonds. The maximum absolute atomic E-state index is 6.47. The summed E-state index contributed by atoms with van der Waals surface area (Å²) in [4.78, 5) is 0. The molecule has 0 bridgehead atoms. The van der Waals surface area contributed by atoms with E-state index in [4.69, 9.17) is 8.83 Å². The molecule has 0 saturated carbocycles. The van der Waals surface area contributed by atoms with Crippen LogP contribution >= 0.6 is 15.9 Å². The molecule has 7 aromatic carbocycles. The maximum Gasteiger partial charge on any atom is 0.212 e. The van der Waals surface area contributed by atoms with Crippen molar-refractivity contribution in [2.45, 2.75) is 0 Å². The van der Waals surface area contributed by atoms with E-state index in [-0.39, 0.29) is 0 Å². The Kier molecular flexibility index (Phi) is 4.95. The molecule has 11 aromatic rings. The molecule has 0 aliphatic rings. The summed E-state index contributed by atoms with van der Waals surface area (Å²) in [5.41, 5.74) is 7.87. The van der Waals surface area contributed by atoms with Crippen molar-refractivity contribution in [3.8, 4) is 11.4 Å². The zero-order valence-electron chi connectivity index (χ0n) is 24.9. The molecule has 0 radical (unpaired) electrons. The number of para-hydroxylation sites is 2. The van der Waals surface area contributed by atoms with Crippen molar-refractivity contribution in [2.75, 3.05) is 0 Å². The lowest BCUT2D eigenvalue weighted by molar-refractivity contribution is 0.596. The van der Waals surface area contributed by atoms with Crippen molar-refractivity contribution in [1.82, 2.24) is 9.13 Å². The second kappa shape index (κ2) is 9.15. The number of rotatable bonds is 2. The lowest BCUT2D eigenvalue weighted by Gasteiger charge is -2.16. The zero-order chi connectivity index (χ0) is 30.8. The van der Waals surface area contributed by atoms with E-state index in [1.165, 1.54) is 37.7 Å². The third-order valence-corrected chi connectivity index (χ3v) is 10.7. The van der Waals surface area contributed by atoms with E-state index in [1.54, 1.807) is 6.26 Å². The van der Waals surface area contributed by atoms with E-state index in [0.717, 1.165) is 65.4 Å². The first-order chi connectivity index (χ1) is 23.3. The first-order valence-electron chi connectivity index (χ1n) is 15.7. The Labute approximate surface area is 275 Å². The van der Waals surface area contributed by atoms with Gasteiger partial charge in [-0.25, -0.2) is 0 Å². The molecule has 0 saturated heterocycles. The van der Waals surface area contributed by atoms with E-state index in [0.29, 0.717) is 0 Å². The van der Waals surface area contributed by atoms with Gasteiger partial charge in [0.2, 0.25) is 5.71 Å². The number of fused-ring (bicyclic) bond motifs is 15. The first-order valence-corrected chi connectivity index (χ1v) is 16.5. The van der Waals surface area contributed by atoms with Gasteiger partial charge in [-0.3, -0.25) is 4.57 Å². The fourth-order valence-corrected chi connectivity index (χ4v) is 8.60. The Morgan fingerprint density at radius 3 is 1.85 bits per heavy atom. The number of hydrogen-bond donors (Lipinski definition) is 0. The summed E-state index contributed by atoms with van der Waals surface area (Å²) >= 11 is 4.12. The Bertz CT molecular complexity index is 3060. The molecule has 4 aromatic heterocycles. The van der Waals surface area contributed by atoms with Crippen molar-refractivity contribution in [3.63, 3.8) is 0 Å². The Hall–Kier alpha value is -5.78. The van der Waals surface area contributed by atoms with E-state index >= 15 is 0 Å². The number of benzene rings is 7. The Morgan fingerprint density at radius 1 is 0.447 bits per heavy atom. The molecular weight excluding hydrogens is 644 g/mol. The predicted molar refractivity (Wildman–Crippen MR) is 197 cm³/mol. The van der Waals surface area contributed by atoms with Gasteiger partial charge in [0.05, 0.1) is 33.1 Å². The average molecular weight is 668 g/mol. The van der Waals surface area contributed by atoms with Crippen LogP contribution < -0.4 is 0 Å². The minimum absolute atomic E-state index is 0.818. The monoisotopic (exact) mass is 666 g/mol. The number of hydrogen-bond acceptors (Lipinski definition) is 2. The summed E-state index contributed by atoms with van der Waals surface area (Å²) in [6, 6.07) is 47.3. The van der Waals surface area contributed by atoms with Gasteiger partial charge in [0.25, 0.3) is 0 Å². The van der Waals surface area contributed by atoms with Crippen LogP contribution in [0.3, 0.4) is 0 Å². The van der Waals surface area contributed by atoms with Gasteiger partial charge in [-0.1, -0.05) is 84.9 Å². The van der Waals surface area contributed by atoms with Gasteiger partial charge >= 0.3 is 0 Å². The number of furan rings is 2. The molecule has 11 rings (SSSR count). The largest absolute Gasteiger partial charge is 0.454 e. The van der Waals surface area contributed by atoms with Crippen LogP contribution in [0.4, 0.5) is 0 Å². The second-order valence-electron chi connectivity index (χ2n) is 12.2.